The summed E-state index contributed by atoms with van der Waals surface area (Å²) in [5.41, 5.74) is 3.86. The molecule has 8 nitrogen and oxygen atoms in total. The molecule has 1 unspecified atom stereocenters. The van der Waals surface area contributed by atoms with E-state index in [2.05, 4.69) is 10.3 Å². The van der Waals surface area contributed by atoms with Crippen LogP contribution in [0.5, 0.6) is 28.7 Å². The van der Waals surface area contributed by atoms with Crippen LogP contribution in [0.1, 0.15) is 29.7 Å². The average molecular weight is 503 g/mol. The van der Waals surface area contributed by atoms with Gasteiger partial charge in [-0.2, -0.15) is 0 Å². The number of benzene rings is 3. The SMILES string of the molecule is COc1cccc(C(C)OC(=O)Nc2cc(C)c(Oc3ccnc4cc(OC)c(OC)cc34)cc2C)c1. The number of nitrogens with one attached hydrogen (secondary N) is 1. The van der Waals surface area contributed by atoms with Gasteiger partial charge in [0.2, 0.25) is 0 Å². The van der Waals surface area contributed by atoms with Gasteiger partial charge in [0.15, 0.2) is 11.5 Å². The van der Waals surface area contributed by atoms with Gasteiger partial charge in [0, 0.05) is 23.3 Å². The minimum Gasteiger partial charge on any atom is -0.497 e. The maximum atomic E-state index is 12.6. The maximum absolute atomic E-state index is 12.6. The van der Waals surface area contributed by atoms with Crippen molar-refractivity contribution in [3.8, 4) is 28.7 Å². The lowest BCUT2D eigenvalue weighted by molar-refractivity contribution is 0.121. The predicted octanol–water partition coefficient (Wildman–Crippen LogP) is 6.98. The van der Waals surface area contributed by atoms with Gasteiger partial charge >= 0.3 is 6.09 Å². The summed E-state index contributed by atoms with van der Waals surface area (Å²) in [6, 6.07) is 16.6. The average Bonchev–Trinajstić information content (AvgIpc) is 2.90. The van der Waals surface area contributed by atoms with E-state index in [0.717, 1.165) is 27.6 Å². The number of carbonyl (C=O) groups is 1. The summed E-state index contributed by atoms with van der Waals surface area (Å²) in [7, 11) is 4.77. The Morgan fingerprint density at radius 2 is 1.59 bits per heavy atom. The number of carbonyl (C=O) groups excluding carboxylic acids is 1. The number of nitrogens with zero attached hydrogens (tertiary/aromatic N) is 1. The van der Waals surface area contributed by atoms with E-state index in [4.69, 9.17) is 23.7 Å². The second-order valence-corrected chi connectivity index (χ2v) is 8.52. The van der Waals surface area contributed by atoms with Gasteiger partial charge in [0.1, 0.15) is 23.4 Å². The Hall–Kier alpha value is -4.46. The predicted molar refractivity (Wildman–Crippen MR) is 142 cm³/mol. The van der Waals surface area contributed by atoms with E-state index in [9.17, 15) is 4.79 Å². The molecular formula is C29H30N2O6. The molecule has 192 valence electrons. The van der Waals surface area contributed by atoms with Crippen molar-refractivity contribution >= 4 is 22.7 Å². The molecule has 4 aromatic rings. The Morgan fingerprint density at radius 1 is 0.838 bits per heavy atom. The fraction of sp³-hybridized carbons (Fsp3) is 0.241. The van der Waals surface area contributed by atoms with E-state index >= 15 is 0 Å². The number of ether oxygens (including phenoxy) is 5. The van der Waals surface area contributed by atoms with Gasteiger partial charge in [0.05, 0.1) is 26.8 Å². The molecule has 1 amide bonds. The van der Waals surface area contributed by atoms with Gasteiger partial charge < -0.3 is 23.7 Å². The van der Waals surface area contributed by atoms with Crippen molar-refractivity contribution in [2.24, 2.45) is 0 Å². The molecule has 8 heteroatoms. The number of anilines is 1. The molecule has 0 aliphatic carbocycles. The van der Waals surface area contributed by atoms with Crippen molar-refractivity contribution < 1.29 is 28.5 Å². The van der Waals surface area contributed by atoms with Crippen LogP contribution in [0.4, 0.5) is 10.5 Å². The van der Waals surface area contributed by atoms with E-state index in [1.165, 1.54) is 0 Å². The topological polar surface area (TPSA) is 88.1 Å². The number of methoxy groups -OCH3 is 3. The molecule has 0 aliphatic heterocycles. The molecule has 0 aliphatic rings. The highest BCUT2D eigenvalue weighted by Gasteiger charge is 2.16. The highest BCUT2D eigenvalue weighted by atomic mass is 16.6. The maximum Gasteiger partial charge on any atom is 0.412 e. The van der Waals surface area contributed by atoms with E-state index in [-0.39, 0.29) is 0 Å². The second kappa shape index (κ2) is 11.1. The lowest BCUT2D eigenvalue weighted by Crippen LogP contribution is -2.17. The Balaban J connectivity index is 1.52. The van der Waals surface area contributed by atoms with Gasteiger partial charge in [-0.3, -0.25) is 10.3 Å². The summed E-state index contributed by atoms with van der Waals surface area (Å²) < 4.78 is 28.0. The van der Waals surface area contributed by atoms with E-state index in [1.807, 2.05) is 69.3 Å². The fourth-order valence-corrected chi connectivity index (χ4v) is 3.95. The monoisotopic (exact) mass is 502 g/mol. The Labute approximate surface area is 216 Å². The number of rotatable bonds is 8. The van der Waals surface area contributed by atoms with Crippen molar-refractivity contribution in [1.82, 2.24) is 4.98 Å². The third-order valence-electron chi connectivity index (χ3n) is 6.03. The lowest BCUT2D eigenvalue weighted by Gasteiger charge is -2.17. The largest absolute Gasteiger partial charge is 0.497 e. The standard InChI is InChI=1S/C29H30N2O6/c1-17-13-26(37-25-10-11-30-24-16-28(35-6)27(34-5)15-22(24)25)18(2)12-23(17)31-29(32)36-19(3)20-8-7-9-21(14-20)33-4/h7-16,19H,1-6H3,(H,31,32). The first-order valence-corrected chi connectivity index (χ1v) is 11.7. The van der Waals surface area contributed by atoms with Crippen LogP contribution in [0.3, 0.4) is 0 Å². The third-order valence-corrected chi connectivity index (χ3v) is 6.03. The van der Waals surface area contributed by atoms with Crippen LogP contribution >= 0.6 is 0 Å². The van der Waals surface area contributed by atoms with Crippen molar-refractivity contribution in [3.05, 3.63) is 77.5 Å². The van der Waals surface area contributed by atoms with Crippen LogP contribution < -0.4 is 24.3 Å². The molecule has 1 atom stereocenters. The number of hydrogen-bond donors (Lipinski definition) is 1. The van der Waals surface area contributed by atoms with Gasteiger partial charge in [-0.15, -0.1) is 0 Å². The minimum absolute atomic E-state index is 0.449. The molecule has 3 aromatic carbocycles. The van der Waals surface area contributed by atoms with E-state index in [0.29, 0.717) is 34.4 Å². The van der Waals surface area contributed by atoms with Crippen molar-refractivity contribution in [1.29, 1.82) is 0 Å². The minimum atomic E-state index is -0.548. The first kappa shape index (κ1) is 25.6. The molecule has 0 saturated heterocycles. The quantitative estimate of drug-likeness (QED) is 0.278. The van der Waals surface area contributed by atoms with Crippen LogP contribution in [-0.2, 0) is 4.74 Å². The number of hydrogen-bond acceptors (Lipinski definition) is 7. The fourth-order valence-electron chi connectivity index (χ4n) is 3.95. The molecule has 0 spiro atoms. The second-order valence-electron chi connectivity index (χ2n) is 8.52. The normalized spacial score (nSPS) is 11.5. The molecule has 1 aromatic heterocycles. The smallest absolute Gasteiger partial charge is 0.412 e. The molecule has 4 rings (SSSR count). The highest BCUT2D eigenvalue weighted by Crippen LogP contribution is 2.38. The van der Waals surface area contributed by atoms with Crippen molar-refractivity contribution in [3.63, 3.8) is 0 Å². The summed E-state index contributed by atoms with van der Waals surface area (Å²) in [6.07, 6.45) is 0.684. The molecule has 1 heterocycles. The number of aromatic nitrogens is 1. The van der Waals surface area contributed by atoms with Crippen molar-refractivity contribution in [2.75, 3.05) is 26.6 Å². The number of aryl methyl sites for hydroxylation is 2. The van der Waals surface area contributed by atoms with Crippen molar-refractivity contribution in [2.45, 2.75) is 26.9 Å². The van der Waals surface area contributed by atoms with E-state index in [1.54, 1.807) is 33.6 Å². The zero-order chi connectivity index (χ0) is 26.5. The van der Waals surface area contributed by atoms with Crippen LogP contribution in [0.25, 0.3) is 10.9 Å². The number of amides is 1. The van der Waals surface area contributed by atoms with Gasteiger partial charge in [-0.05, 0) is 73.9 Å². The number of pyridine rings is 1. The highest BCUT2D eigenvalue weighted by molar-refractivity contribution is 5.89. The van der Waals surface area contributed by atoms with Crippen LogP contribution in [0.15, 0.2) is 60.8 Å². The van der Waals surface area contributed by atoms with E-state index < -0.39 is 12.2 Å². The molecule has 1 N–H and O–H groups in total. The van der Waals surface area contributed by atoms with Gasteiger partial charge in [0.25, 0.3) is 0 Å². The lowest BCUT2D eigenvalue weighted by atomic mass is 10.1. The first-order valence-electron chi connectivity index (χ1n) is 11.7. The number of fused-ring (bicyclic) bond motifs is 1. The Bertz CT molecular complexity index is 1440. The molecular weight excluding hydrogens is 472 g/mol. The molecule has 37 heavy (non-hydrogen) atoms. The van der Waals surface area contributed by atoms with Gasteiger partial charge in [-0.1, -0.05) is 12.1 Å². The Kier molecular flexibility index (Phi) is 7.67. The van der Waals surface area contributed by atoms with Crippen LogP contribution in [0.2, 0.25) is 0 Å². The summed E-state index contributed by atoms with van der Waals surface area (Å²) in [4.78, 5) is 17.0. The van der Waals surface area contributed by atoms with Gasteiger partial charge in [-0.25, -0.2) is 4.79 Å². The summed E-state index contributed by atoms with van der Waals surface area (Å²) in [5.74, 6) is 3.16. The summed E-state index contributed by atoms with van der Waals surface area (Å²) in [5, 5.41) is 3.63. The molecule has 0 saturated carbocycles. The summed E-state index contributed by atoms with van der Waals surface area (Å²) in [6.45, 7) is 5.62. The van der Waals surface area contributed by atoms with Crippen LogP contribution in [-0.4, -0.2) is 32.4 Å². The third kappa shape index (κ3) is 5.69. The first-order chi connectivity index (χ1) is 17.8. The summed E-state index contributed by atoms with van der Waals surface area (Å²) >= 11 is 0. The van der Waals surface area contributed by atoms with Crippen LogP contribution in [0, 0.1) is 13.8 Å². The molecule has 0 radical (unpaired) electrons. The zero-order valence-electron chi connectivity index (χ0n) is 21.7. The molecule has 0 bridgehead atoms. The Morgan fingerprint density at radius 3 is 2.32 bits per heavy atom. The molecule has 0 fully saturated rings. The zero-order valence-corrected chi connectivity index (χ0v) is 21.7.